The van der Waals surface area contributed by atoms with Crippen molar-refractivity contribution >= 4 is 24.4 Å². The van der Waals surface area contributed by atoms with Gasteiger partial charge in [-0.25, -0.2) is 0 Å². The van der Waals surface area contributed by atoms with Gasteiger partial charge in [-0.3, -0.25) is 0 Å². The van der Waals surface area contributed by atoms with Crippen LogP contribution < -0.4 is 5.59 Å². The molecule has 0 radical (unpaired) electrons. The largest absolute Gasteiger partial charge is 0.357 e. The van der Waals surface area contributed by atoms with Crippen molar-refractivity contribution in [2.45, 2.75) is 0 Å². The van der Waals surface area contributed by atoms with E-state index in [1.54, 1.807) is 0 Å². The van der Waals surface area contributed by atoms with Gasteiger partial charge in [0.1, 0.15) is 0 Å². The van der Waals surface area contributed by atoms with Crippen LogP contribution in [0, 0.1) is 0 Å². The fourth-order valence-electron chi connectivity index (χ4n) is 1.01. The van der Waals surface area contributed by atoms with Crippen LogP contribution in [0.1, 0.15) is 0 Å². The maximum absolute atomic E-state index is 5.00. The lowest BCUT2D eigenvalue weighted by molar-refractivity contribution is 0.463. The Morgan fingerprint density at radius 2 is 2.10 bits per heavy atom. The summed E-state index contributed by atoms with van der Waals surface area (Å²) in [5.74, 6) is 0. The van der Waals surface area contributed by atoms with E-state index in [4.69, 9.17) is 4.52 Å². The van der Waals surface area contributed by atoms with Gasteiger partial charge in [0.15, 0.2) is 13.4 Å². The predicted molar refractivity (Wildman–Crippen MR) is 42.2 cm³/mol. The molecule has 0 unspecified atom stereocenters. The third-order valence-electron chi connectivity index (χ3n) is 1.56. The van der Waals surface area contributed by atoms with Crippen molar-refractivity contribution in [3.63, 3.8) is 0 Å². The van der Waals surface area contributed by atoms with Crippen LogP contribution in [-0.2, 0) is 0 Å². The fourth-order valence-corrected chi connectivity index (χ4v) is 1.01. The fraction of sp³-hybridized carbons (Fsp3) is 0. The lowest BCUT2D eigenvalue weighted by Crippen LogP contribution is -2.01. The zero-order chi connectivity index (χ0) is 6.97. The van der Waals surface area contributed by atoms with Crippen molar-refractivity contribution in [1.29, 1.82) is 0 Å². The first kappa shape index (κ1) is 5.53. The smallest absolute Gasteiger partial charge is 0.169 e. The van der Waals surface area contributed by atoms with Gasteiger partial charge in [0.25, 0.3) is 0 Å². The van der Waals surface area contributed by atoms with Crippen LogP contribution in [0.15, 0.2) is 28.8 Å². The van der Waals surface area contributed by atoms with E-state index in [0.717, 1.165) is 16.6 Å². The first-order valence-corrected chi connectivity index (χ1v) is 3.19. The summed E-state index contributed by atoms with van der Waals surface area (Å²) in [5, 5.41) is 4.92. The molecule has 1 heterocycles. The second-order valence-electron chi connectivity index (χ2n) is 2.26. The molecule has 2 rings (SSSR count). The van der Waals surface area contributed by atoms with Gasteiger partial charge in [-0.15, -0.1) is 0 Å². The molecule has 0 aliphatic heterocycles. The van der Waals surface area contributed by atoms with Crippen LogP contribution in [0.25, 0.3) is 11.0 Å². The second kappa shape index (κ2) is 1.87. The molecule has 0 spiro atoms. The minimum absolute atomic E-state index is 0.861. The molecule has 0 atom stereocenters. The predicted octanol–water partition coefficient (Wildman–Crippen LogP) is 0.0862. The average molecular weight is 131 g/mol. The van der Waals surface area contributed by atoms with E-state index in [2.05, 4.69) is 5.16 Å². The SMILES string of the molecule is Bc1noc2ccccc12. The molecule has 0 bridgehead atoms. The Morgan fingerprint density at radius 1 is 1.30 bits per heavy atom. The maximum atomic E-state index is 5.00. The minimum atomic E-state index is 0.861. The molecular weight excluding hydrogens is 125 g/mol. The van der Waals surface area contributed by atoms with E-state index in [1.165, 1.54) is 0 Å². The van der Waals surface area contributed by atoms with Crippen molar-refractivity contribution in [2.24, 2.45) is 0 Å². The first-order chi connectivity index (χ1) is 4.88. The van der Waals surface area contributed by atoms with Crippen LogP contribution in [0.2, 0.25) is 0 Å². The second-order valence-corrected chi connectivity index (χ2v) is 2.26. The number of benzene rings is 1. The molecule has 2 nitrogen and oxygen atoms in total. The molecule has 0 saturated heterocycles. The molecule has 2 aromatic rings. The van der Waals surface area contributed by atoms with Crippen LogP contribution >= 0.6 is 0 Å². The summed E-state index contributed by atoms with van der Waals surface area (Å²) in [6.45, 7) is 0. The highest BCUT2D eigenvalue weighted by molar-refractivity contribution is 6.36. The van der Waals surface area contributed by atoms with Crippen molar-refractivity contribution in [2.75, 3.05) is 0 Å². The molecule has 10 heavy (non-hydrogen) atoms. The highest BCUT2D eigenvalue weighted by atomic mass is 16.5. The Labute approximate surface area is 59.2 Å². The normalized spacial score (nSPS) is 10.4. The van der Waals surface area contributed by atoms with Gasteiger partial charge in [-0.2, -0.15) is 0 Å². The Kier molecular flexibility index (Phi) is 1.03. The number of hydrogen-bond donors (Lipinski definition) is 0. The molecule has 1 aromatic carbocycles. The van der Waals surface area contributed by atoms with Gasteiger partial charge in [0.05, 0.1) is 0 Å². The molecule has 1 aromatic heterocycles. The van der Waals surface area contributed by atoms with E-state index in [0.29, 0.717) is 0 Å². The summed E-state index contributed by atoms with van der Waals surface area (Å²) in [5.41, 5.74) is 1.82. The van der Waals surface area contributed by atoms with Gasteiger partial charge in [0.2, 0.25) is 0 Å². The molecular formula is C7H6BNO. The van der Waals surface area contributed by atoms with Crippen molar-refractivity contribution in [3.8, 4) is 0 Å². The summed E-state index contributed by atoms with van der Waals surface area (Å²) in [6.07, 6.45) is 0. The van der Waals surface area contributed by atoms with Gasteiger partial charge < -0.3 is 4.52 Å². The Morgan fingerprint density at radius 3 is 2.90 bits per heavy atom. The van der Waals surface area contributed by atoms with Crippen molar-refractivity contribution in [3.05, 3.63) is 24.3 Å². The highest BCUT2D eigenvalue weighted by Crippen LogP contribution is 2.08. The number of rotatable bonds is 0. The van der Waals surface area contributed by atoms with Crippen molar-refractivity contribution < 1.29 is 4.52 Å². The van der Waals surface area contributed by atoms with Gasteiger partial charge >= 0.3 is 0 Å². The monoisotopic (exact) mass is 131 g/mol. The quantitative estimate of drug-likeness (QED) is 0.473. The van der Waals surface area contributed by atoms with E-state index in [1.807, 2.05) is 32.1 Å². The van der Waals surface area contributed by atoms with Crippen LogP contribution in [-0.4, -0.2) is 13.0 Å². The molecule has 0 aliphatic carbocycles. The van der Waals surface area contributed by atoms with Crippen LogP contribution in [0.5, 0.6) is 0 Å². The van der Waals surface area contributed by atoms with E-state index < -0.39 is 0 Å². The molecule has 3 heteroatoms. The summed E-state index contributed by atoms with van der Waals surface area (Å²) >= 11 is 0. The van der Waals surface area contributed by atoms with E-state index in [9.17, 15) is 0 Å². The zero-order valence-electron chi connectivity index (χ0n) is 5.66. The van der Waals surface area contributed by atoms with Crippen molar-refractivity contribution in [1.82, 2.24) is 5.16 Å². The molecule has 0 N–H and O–H groups in total. The standard InChI is InChI=1S/C7H6BNO/c8-7-5-3-1-2-4-6(5)10-9-7/h1-4H,8H2. The first-order valence-electron chi connectivity index (χ1n) is 3.19. The van der Waals surface area contributed by atoms with Gasteiger partial charge in [-0.05, 0) is 6.07 Å². The number of para-hydroxylation sites is 1. The lowest BCUT2D eigenvalue weighted by Gasteiger charge is -1.82. The molecule has 0 saturated carbocycles. The topological polar surface area (TPSA) is 26.0 Å². The third-order valence-corrected chi connectivity index (χ3v) is 1.56. The van der Waals surface area contributed by atoms with E-state index >= 15 is 0 Å². The number of hydrogen-bond acceptors (Lipinski definition) is 2. The highest BCUT2D eigenvalue weighted by Gasteiger charge is 1.99. The Bertz CT molecular complexity index is 355. The molecule has 48 valence electrons. The zero-order valence-corrected chi connectivity index (χ0v) is 5.66. The third kappa shape index (κ3) is 0.636. The van der Waals surface area contributed by atoms with Crippen LogP contribution in [0.4, 0.5) is 0 Å². The summed E-state index contributed by atoms with van der Waals surface area (Å²) in [4.78, 5) is 0. The average Bonchev–Trinajstić information content (AvgIpc) is 2.34. The number of fused-ring (bicyclic) bond motifs is 1. The molecule has 0 amide bonds. The van der Waals surface area contributed by atoms with Gasteiger partial charge in [0, 0.05) is 11.0 Å². The van der Waals surface area contributed by atoms with Gasteiger partial charge in [-0.1, -0.05) is 23.4 Å². The number of aromatic nitrogens is 1. The summed E-state index contributed by atoms with van der Waals surface area (Å²) in [6, 6.07) is 7.83. The van der Waals surface area contributed by atoms with E-state index in [-0.39, 0.29) is 0 Å². The minimum Gasteiger partial charge on any atom is -0.357 e. The lowest BCUT2D eigenvalue weighted by atomic mass is 10.0. The van der Waals surface area contributed by atoms with Crippen LogP contribution in [0.3, 0.4) is 0 Å². The maximum Gasteiger partial charge on any atom is 0.169 e. The summed E-state index contributed by atoms with van der Waals surface area (Å²) < 4.78 is 5.00. The molecule has 0 aliphatic rings. The number of nitrogens with zero attached hydrogens (tertiary/aromatic N) is 1. The molecule has 0 fully saturated rings. The Balaban J connectivity index is 2.93. The summed E-state index contributed by atoms with van der Waals surface area (Å²) in [7, 11) is 1.94. The Hall–Kier alpha value is -1.25.